The number of rotatable bonds is 3. The highest BCUT2D eigenvalue weighted by Gasteiger charge is 2.29. The van der Waals surface area contributed by atoms with E-state index in [0.717, 1.165) is 50.1 Å². The summed E-state index contributed by atoms with van der Waals surface area (Å²) in [5, 5.41) is 0. The second kappa shape index (κ2) is 7.62. The van der Waals surface area contributed by atoms with Crippen LogP contribution in [0.3, 0.4) is 0 Å². The Hall–Kier alpha value is -3.28. The quantitative estimate of drug-likeness (QED) is 0.690. The number of hydrogen-bond acceptors (Lipinski definition) is 6. The number of carbonyl (C=O) groups is 1. The van der Waals surface area contributed by atoms with Crippen molar-refractivity contribution in [3.63, 3.8) is 0 Å². The van der Waals surface area contributed by atoms with Gasteiger partial charge in [-0.1, -0.05) is 36.4 Å². The van der Waals surface area contributed by atoms with Crippen molar-refractivity contribution in [2.75, 3.05) is 36.0 Å². The minimum absolute atomic E-state index is 0.145. The molecule has 5 rings (SSSR count). The maximum atomic E-state index is 12.6. The molecule has 0 radical (unpaired) electrons. The highest BCUT2D eigenvalue weighted by Crippen LogP contribution is 2.32. The van der Waals surface area contributed by atoms with Gasteiger partial charge >= 0.3 is 0 Å². The first kappa shape index (κ1) is 17.8. The van der Waals surface area contributed by atoms with Crippen LogP contribution in [0.5, 0.6) is 0 Å². The highest BCUT2D eigenvalue weighted by atomic mass is 16.1. The zero-order chi connectivity index (χ0) is 19.6. The zero-order valence-corrected chi connectivity index (χ0v) is 16.2. The molecule has 2 aromatic heterocycles. The standard InChI is InChI=1S/C23H23N5O/c29-21-15-18(17-6-2-1-3-7-17)14-20-19(21)16-25-23(26-20)28-12-10-27(11-13-28)22-8-4-5-9-24-22/h1-9,16,18H,10-15H2. The minimum Gasteiger partial charge on any atom is -0.353 e. The molecule has 6 nitrogen and oxygen atoms in total. The lowest BCUT2D eigenvalue weighted by Gasteiger charge is -2.35. The van der Waals surface area contributed by atoms with Crippen LogP contribution in [0, 0.1) is 0 Å². The lowest BCUT2D eigenvalue weighted by atomic mass is 9.82. The van der Waals surface area contributed by atoms with Gasteiger partial charge in [0.2, 0.25) is 5.95 Å². The summed E-state index contributed by atoms with van der Waals surface area (Å²) in [6.07, 6.45) is 4.87. The van der Waals surface area contributed by atoms with Crippen LogP contribution in [0.4, 0.5) is 11.8 Å². The van der Waals surface area contributed by atoms with E-state index in [0.29, 0.717) is 12.0 Å². The van der Waals surface area contributed by atoms with Gasteiger partial charge in [0.05, 0.1) is 11.3 Å². The first-order valence-corrected chi connectivity index (χ1v) is 10.1. The molecule has 29 heavy (non-hydrogen) atoms. The Kier molecular flexibility index (Phi) is 4.68. The first-order chi connectivity index (χ1) is 14.3. The summed E-state index contributed by atoms with van der Waals surface area (Å²) >= 11 is 0. The van der Waals surface area contributed by atoms with Gasteiger partial charge in [-0.15, -0.1) is 0 Å². The van der Waals surface area contributed by atoms with Crippen LogP contribution in [0.2, 0.25) is 0 Å². The molecule has 3 aromatic rings. The lowest BCUT2D eigenvalue weighted by Crippen LogP contribution is -2.47. The van der Waals surface area contributed by atoms with Gasteiger partial charge in [0.1, 0.15) is 5.82 Å². The Balaban J connectivity index is 1.33. The average Bonchev–Trinajstić information content (AvgIpc) is 2.80. The Morgan fingerprint density at radius 2 is 1.59 bits per heavy atom. The maximum Gasteiger partial charge on any atom is 0.225 e. The number of nitrogens with zero attached hydrogens (tertiary/aromatic N) is 5. The van der Waals surface area contributed by atoms with Gasteiger partial charge < -0.3 is 9.80 Å². The molecule has 3 heterocycles. The first-order valence-electron chi connectivity index (χ1n) is 10.1. The second-order valence-electron chi connectivity index (χ2n) is 7.63. The van der Waals surface area contributed by atoms with E-state index in [4.69, 9.17) is 4.98 Å². The molecule has 1 fully saturated rings. The van der Waals surface area contributed by atoms with Crippen LogP contribution in [-0.2, 0) is 6.42 Å². The van der Waals surface area contributed by atoms with Gasteiger partial charge in [0.25, 0.3) is 0 Å². The minimum atomic E-state index is 0.145. The van der Waals surface area contributed by atoms with E-state index in [9.17, 15) is 4.79 Å². The molecular weight excluding hydrogens is 362 g/mol. The summed E-state index contributed by atoms with van der Waals surface area (Å²) < 4.78 is 0. The molecule has 1 saturated heterocycles. The van der Waals surface area contributed by atoms with Gasteiger partial charge in [0, 0.05) is 45.0 Å². The molecule has 2 aliphatic rings. The van der Waals surface area contributed by atoms with Gasteiger partial charge in [-0.05, 0) is 30.0 Å². The normalized spacial score (nSPS) is 19.2. The molecule has 1 unspecified atom stereocenters. The van der Waals surface area contributed by atoms with E-state index < -0.39 is 0 Å². The number of benzene rings is 1. The fourth-order valence-electron chi connectivity index (χ4n) is 4.22. The molecule has 0 spiro atoms. The number of piperazine rings is 1. The van der Waals surface area contributed by atoms with Gasteiger partial charge in [-0.2, -0.15) is 0 Å². The molecule has 0 amide bonds. The van der Waals surface area contributed by atoms with Gasteiger partial charge in [-0.25, -0.2) is 15.0 Å². The number of carbonyl (C=O) groups excluding carboxylic acids is 1. The van der Waals surface area contributed by atoms with Crippen LogP contribution in [0.15, 0.2) is 60.9 Å². The molecule has 1 aliphatic carbocycles. The number of hydrogen-bond donors (Lipinski definition) is 0. The van der Waals surface area contributed by atoms with Crippen molar-refractivity contribution >= 4 is 17.5 Å². The largest absolute Gasteiger partial charge is 0.353 e. The molecule has 1 aromatic carbocycles. The highest BCUT2D eigenvalue weighted by molar-refractivity contribution is 5.98. The third-order valence-electron chi connectivity index (χ3n) is 5.83. The van der Waals surface area contributed by atoms with Crippen LogP contribution in [-0.4, -0.2) is 46.9 Å². The Morgan fingerprint density at radius 3 is 2.34 bits per heavy atom. The number of ketones is 1. The smallest absolute Gasteiger partial charge is 0.225 e. The third kappa shape index (κ3) is 3.58. The summed E-state index contributed by atoms with van der Waals surface area (Å²) in [6.45, 7) is 3.43. The Labute approximate surface area is 170 Å². The molecule has 1 atom stereocenters. The summed E-state index contributed by atoms with van der Waals surface area (Å²) in [5.41, 5.74) is 2.77. The average molecular weight is 385 g/mol. The fraction of sp³-hybridized carbons (Fsp3) is 0.304. The molecule has 0 N–H and O–H groups in total. The van der Waals surface area contributed by atoms with Crippen molar-refractivity contribution in [1.82, 2.24) is 15.0 Å². The van der Waals surface area contributed by atoms with Crippen molar-refractivity contribution in [2.45, 2.75) is 18.8 Å². The van der Waals surface area contributed by atoms with E-state index in [2.05, 4.69) is 31.9 Å². The van der Waals surface area contributed by atoms with Gasteiger partial charge in [-0.3, -0.25) is 4.79 Å². The molecule has 0 bridgehead atoms. The zero-order valence-electron chi connectivity index (χ0n) is 16.2. The van der Waals surface area contributed by atoms with Crippen LogP contribution >= 0.6 is 0 Å². The maximum absolute atomic E-state index is 12.6. The predicted octanol–water partition coefficient (Wildman–Crippen LogP) is 3.11. The van der Waals surface area contributed by atoms with Crippen LogP contribution in [0.1, 0.15) is 34.0 Å². The summed E-state index contributed by atoms with van der Waals surface area (Å²) in [5.74, 6) is 2.08. The topological polar surface area (TPSA) is 62.2 Å². The van der Waals surface area contributed by atoms with E-state index >= 15 is 0 Å². The Bertz CT molecular complexity index is 1000. The van der Waals surface area contributed by atoms with Crippen LogP contribution in [0.25, 0.3) is 0 Å². The number of fused-ring (bicyclic) bond motifs is 1. The Morgan fingerprint density at radius 1 is 0.828 bits per heavy atom. The van der Waals surface area contributed by atoms with E-state index in [1.165, 1.54) is 5.56 Å². The number of Topliss-reactive ketones (excluding diaryl/α,β-unsaturated/α-hetero) is 1. The number of aromatic nitrogens is 3. The lowest BCUT2D eigenvalue weighted by molar-refractivity contribution is 0.0962. The summed E-state index contributed by atoms with van der Waals surface area (Å²) in [4.78, 5) is 30.9. The SMILES string of the molecule is O=C1CC(c2ccccc2)Cc2nc(N3CCN(c4ccccn4)CC3)ncc21. The molecule has 6 heteroatoms. The van der Waals surface area contributed by atoms with Crippen LogP contribution < -0.4 is 9.80 Å². The predicted molar refractivity (Wildman–Crippen MR) is 113 cm³/mol. The number of anilines is 2. The molecular formula is C23H23N5O. The van der Waals surface area contributed by atoms with Crippen molar-refractivity contribution < 1.29 is 4.79 Å². The molecule has 146 valence electrons. The van der Waals surface area contributed by atoms with E-state index in [-0.39, 0.29) is 11.7 Å². The number of pyridine rings is 1. The summed E-state index contributed by atoms with van der Waals surface area (Å²) in [6, 6.07) is 16.3. The van der Waals surface area contributed by atoms with Crippen molar-refractivity contribution in [1.29, 1.82) is 0 Å². The van der Waals surface area contributed by atoms with Crippen molar-refractivity contribution in [3.8, 4) is 0 Å². The third-order valence-corrected chi connectivity index (χ3v) is 5.83. The van der Waals surface area contributed by atoms with Crippen molar-refractivity contribution in [2.24, 2.45) is 0 Å². The fourth-order valence-corrected chi connectivity index (χ4v) is 4.22. The van der Waals surface area contributed by atoms with Gasteiger partial charge in [0.15, 0.2) is 5.78 Å². The molecule has 1 aliphatic heterocycles. The van der Waals surface area contributed by atoms with Crippen molar-refractivity contribution in [3.05, 3.63) is 77.7 Å². The summed E-state index contributed by atoms with van der Waals surface area (Å²) in [7, 11) is 0. The molecule has 0 saturated carbocycles. The van der Waals surface area contributed by atoms with E-state index in [1.807, 2.05) is 42.6 Å². The second-order valence-corrected chi connectivity index (χ2v) is 7.63. The van der Waals surface area contributed by atoms with E-state index in [1.54, 1.807) is 6.20 Å². The monoisotopic (exact) mass is 385 g/mol.